The molecule has 106 valence electrons. The van der Waals surface area contributed by atoms with Crippen LogP contribution >= 0.6 is 0 Å². The SMILES string of the molecule is CC12CC3CC(C)(C1)CC(NC(=O)C1(N)CC1)(C3)C2. The maximum absolute atomic E-state index is 12.4. The van der Waals surface area contributed by atoms with Crippen LogP contribution in [-0.4, -0.2) is 17.0 Å². The Morgan fingerprint density at radius 2 is 1.63 bits per heavy atom. The molecule has 2 unspecified atom stereocenters. The van der Waals surface area contributed by atoms with E-state index in [0.717, 1.165) is 18.8 Å². The van der Waals surface area contributed by atoms with E-state index in [1.54, 1.807) is 0 Å². The molecule has 2 atom stereocenters. The highest BCUT2D eigenvalue weighted by Crippen LogP contribution is 2.66. The summed E-state index contributed by atoms with van der Waals surface area (Å²) in [5, 5.41) is 3.41. The van der Waals surface area contributed by atoms with Gasteiger partial charge >= 0.3 is 0 Å². The molecule has 0 spiro atoms. The summed E-state index contributed by atoms with van der Waals surface area (Å²) in [6, 6.07) is 0. The third-order valence-corrected chi connectivity index (χ3v) is 6.25. The fraction of sp³-hybridized carbons (Fsp3) is 0.938. The van der Waals surface area contributed by atoms with E-state index < -0.39 is 5.54 Å². The van der Waals surface area contributed by atoms with Crippen LogP contribution in [0.25, 0.3) is 0 Å². The Bertz CT molecular complexity index is 436. The van der Waals surface area contributed by atoms with Crippen molar-refractivity contribution in [2.45, 2.75) is 76.3 Å². The van der Waals surface area contributed by atoms with Crippen molar-refractivity contribution in [1.82, 2.24) is 5.32 Å². The molecule has 5 rings (SSSR count). The number of rotatable bonds is 2. The van der Waals surface area contributed by atoms with Crippen LogP contribution in [0.4, 0.5) is 0 Å². The minimum atomic E-state index is -0.523. The number of hydrogen-bond acceptors (Lipinski definition) is 2. The molecule has 4 bridgehead atoms. The summed E-state index contributed by atoms with van der Waals surface area (Å²) in [5.41, 5.74) is 6.52. The molecular formula is C16H26N2O. The van der Waals surface area contributed by atoms with E-state index in [9.17, 15) is 4.79 Å². The van der Waals surface area contributed by atoms with Crippen molar-refractivity contribution in [1.29, 1.82) is 0 Å². The monoisotopic (exact) mass is 262 g/mol. The zero-order chi connectivity index (χ0) is 13.5. The van der Waals surface area contributed by atoms with Gasteiger partial charge in [-0.2, -0.15) is 0 Å². The van der Waals surface area contributed by atoms with Crippen molar-refractivity contribution in [2.75, 3.05) is 0 Å². The first-order valence-corrected chi connectivity index (χ1v) is 7.86. The van der Waals surface area contributed by atoms with Crippen LogP contribution in [0.5, 0.6) is 0 Å². The summed E-state index contributed by atoms with van der Waals surface area (Å²) in [4.78, 5) is 12.4. The van der Waals surface area contributed by atoms with E-state index in [1.807, 2.05) is 0 Å². The molecule has 3 nitrogen and oxygen atoms in total. The van der Waals surface area contributed by atoms with Gasteiger partial charge in [0.15, 0.2) is 0 Å². The van der Waals surface area contributed by atoms with Gasteiger partial charge in [-0.3, -0.25) is 4.79 Å². The normalized spacial score (nSPS) is 53.1. The van der Waals surface area contributed by atoms with Crippen molar-refractivity contribution in [3.63, 3.8) is 0 Å². The summed E-state index contributed by atoms with van der Waals surface area (Å²) in [7, 11) is 0. The van der Waals surface area contributed by atoms with Gasteiger partial charge in [0.25, 0.3) is 0 Å². The smallest absolute Gasteiger partial charge is 0.240 e. The average molecular weight is 262 g/mol. The van der Waals surface area contributed by atoms with Crippen LogP contribution < -0.4 is 11.1 Å². The molecule has 5 aliphatic carbocycles. The number of carbonyl (C=O) groups excluding carboxylic acids is 1. The Morgan fingerprint density at radius 1 is 1.05 bits per heavy atom. The van der Waals surface area contributed by atoms with E-state index in [2.05, 4.69) is 19.2 Å². The Balaban J connectivity index is 1.62. The topological polar surface area (TPSA) is 55.1 Å². The largest absolute Gasteiger partial charge is 0.349 e. The minimum Gasteiger partial charge on any atom is -0.349 e. The lowest BCUT2D eigenvalue weighted by Crippen LogP contribution is -2.66. The molecule has 1 amide bonds. The fourth-order valence-corrected chi connectivity index (χ4v) is 6.31. The Kier molecular flexibility index (Phi) is 2.04. The number of nitrogens with one attached hydrogen (secondary N) is 1. The Morgan fingerprint density at radius 3 is 2.11 bits per heavy atom. The van der Waals surface area contributed by atoms with Gasteiger partial charge in [-0.25, -0.2) is 0 Å². The summed E-state index contributed by atoms with van der Waals surface area (Å²) in [6.45, 7) is 4.87. The molecule has 3 N–H and O–H groups in total. The minimum absolute atomic E-state index is 0.0644. The van der Waals surface area contributed by atoms with Crippen molar-refractivity contribution >= 4 is 5.91 Å². The molecule has 0 aliphatic heterocycles. The Labute approximate surface area is 115 Å². The highest BCUT2D eigenvalue weighted by atomic mass is 16.2. The van der Waals surface area contributed by atoms with Gasteiger partial charge in [-0.1, -0.05) is 13.8 Å². The highest BCUT2D eigenvalue weighted by Gasteiger charge is 2.61. The second-order valence-electron chi connectivity index (χ2n) is 9.02. The van der Waals surface area contributed by atoms with Crippen LogP contribution in [0.3, 0.4) is 0 Å². The third kappa shape index (κ3) is 1.77. The molecule has 0 aromatic carbocycles. The number of nitrogens with two attached hydrogens (primary N) is 1. The molecule has 0 aromatic rings. The molecule has 0 saturated heterocycles. The van der Waals surface area contributed by atoms with E-state index in [0.29, 0.717) is 10.8 Å². The second kappa shape index (κ2) is 3.19. The van der Waals surface area contributed by atoms with E-state index in [4.69, 9.17) is 5.73 Å². The molecule has 3 heteroatoms. The predicted molar refractivity (Wildman–Crippen MR) is 74.4 cm³/mol. The molecule has 0 radical (unpaired) electrons. The summed E-state index contributed by atoms with van der Waals surface area (Å²) in [5.74, 6) is 0.945. The van der Waals surface area contributed by atoms with Gasteiger partial charge in [-0.05, 0) is 68.1 Å². The molecule has 0 heterocycles. The number of amides is 1. The molecule has 5 fully saturated rings. The van der Waals surface area contributed by atoms with E-state index in [-0.39, 0.29) is 11.4 Å². The van der Waals surface area contributed by atoms with Crippen molar-refractivity contribution in [3.8, 4) is 0 Å². The van der Waals surface area contributed by atoms with Crippen LogP contribution in [0.1, 0.15) is 65.2 Å². The molecule has 19 heavy (non-hydrogen) atoms. The quantitative estimate of drug-likeness (QED) is 0.802. The van der Waals surface area contributed by atoms with Gasteiger partial charge in [0.1, 0.15) is 0 Å². The summed E-state index contributed by atoms with van der Waals surface area (Å²) in [6.07, 6.45) is 9.37. The summed E-state index contributed by atoms with van der Waals surface area (Å²) >= 11 is 0. The third-order valence-electron chi connectivity index (χ3n) is 6.25. The first-order chi connectivity index (χ1) is 8.74. The average Bonchev–Trinajstić information content (AvgIpc) is 2.90. The standard InChI is InChI=1S/C16H26N2O/c1-13-5-11-6-14(2,8-13)10-15(7-11,9-13)18-12(19)16(17)3-4-16/h11H,3-10,17H2,1-2H3,(H,18,19). The number of hydrogen-bond donors (Lipinski definition) is 2. The maximum atomic E-state index is 12.4. The highest BCUT2D eigenvalue weighted by molar-refractivity contribution is 5.89. The van der Waals surface area contributed by atoms with Crippen LogP contribution in [0, 0.1) is 16.7 Å². The van der Waals surface area contributed by atoms with Gasteiger partial charge in [-0.15, -0.1) is 0 Å². The molecule has 5 saturated carbocycles. The Hall–Kier alpha value is -0.570. The van der Waals surface area contributed by atoms with Gasteiger partial charge < -0.3 is 11.1 Å². The van der Waals surface area contributed by atoms with Crippen LogP contribution in [0.15, 0.2) is 0 Å². The molecular weight excluding hydrogens is 236 g/mol. The fourth-order valence-electron chi connectivity index (χ4n) is 6.31. The lowest BCUT2D eigenvalue weighted by molar-refractivity contribution is -0.141. The second-order valence-corrected chi connectivity index (χ2v) is 9.02. The molecule has 0 aromatic heterocycles. The van der Waals surface area contributed by atoms with Crippen LogP contribution in [0.2, 0.25) is 0 Å². The maximum Gasteiger partial charge on any atom is 0.240 e. The lowest BCUT2D eigenvalue weighted by atomic mass is 9.43. The van der Waals surface area contributed by atoms with E-state index in [1.165, 1.54) is 38.5 Å². The number of carbonyl (C=O) groups is 1. The van der Waals surface area contributed by atoms with Crippen molar-refractivity contribution in [2.24, 2.45) is 22.5 Å². The predicted octanol–water partition coefficient (Wildman–Crippen LogP) is 2.34. The van der Waals surface area contributed by atoms with Crippen LogP contribution in [-0.2, 0) is 4.79 Å². The van der Waals surface area contributed by atoms with Gasteiger partial charge in [0.2, 0.25) is 5.91 Å². The first-order valence-electron chi connectivity index (χ1n) is 7.86. The molecule has 5 aliphatic rings. The van der Waals surface area contributed by atoms with E-state index >= 15 is 0 Å². The zero-order valence-electron chi connectivity index (χ0n) is 12.2. The summed E-state index contributed by atoms with van der Waals surface area (Å²) < 4.78 is 0. The zero-order valence-corrected chi connectivity index (χ0v) is 12.2. The lowest BCUT2D eigenvalue weighted by Gasteiger charge is -2.65. The van der Waals surface area contributed by atoms with Gasteiger partial charge in [0, 0.05) is 5.54 Å². The van der Waals surface area contributed by atoms with Crippen molar-refractivity contribution in [3.05, 3.63) is 0 Å². The van der Waals surface area contributed by atoms with Crippen molar-refractivity contribution < 1.29 is 4.79 Å². The first kappa shape index (κ1) is 12.2. The van der Waals surface area contributed by atoms with Gasteiger partial charge in [0.05, 0.1) is 5.54 Å².